The number of hydrogen-bond donors (Lipinski definition) is 3. The van der Waals surface area contributed by atoms with Gasteiger partial charge >= 0.3 is 0 Å². The van der Waals surface area contributed by atoms with E-state index in [0.29, 0.717) is 43.1 Å². The Hall–Kier alpha value is -0.940. The summed E-state index contributed by atoms with van der Waals surface area (Å²) < 4.78 is 6.17. The second-order valence-corrected chi connectivity index (χ2v) is 11.3. The zero-order chi connectivity index (χ0) is 22.8. The summed E-state index contributed by atoms with van der Waals surface area (Å²) in [5, 5.41) is 29.9. The van der Waals surface area contributed by atoms with Crippen molar-refractivity contribution in [3.63, 3.8) is 0 Å². The van der Waals surface area contributed by atoms with Gasteiger partial charge in [-0.05, 0) is 100 Å². The van der Waals surface area contributed by atoms with E-state index in [1.165, 1.54) is 32.1 Å². The molecule has 3 aliphatic rings. The summed E-state index contributed by atoms with van der Waals surface area (Å²) in [6.07, 6.45) is 13.5. The number of ether oxygens (including phenoxy) is 1. The van der Waals surface area contributed by atoms with Crippen molar-refractivity contribution in [3.05, 3.63) is 36.0 Å². The molecule has 3 fully saturated rings. The largest absolute Gasteiger partial charge is 0.393 e. The lowest BCUT2D eigenvalue weighted by Crippen LogP contribution is -2.39. The number of allylic oxidation sites excluding steroid dienone is 3. The highest BCUT2D eigenvalue weighted by atomic mass is 16.5. The summed E-state index contributed by atoms with van der Waals surface area (Å²) in [6, 6.07) is 0. The van der Waals surface area contributed by atoms with Gasteiger partial charge in [0.15, 0.2) is 0 Å². The lowest BCUT2D eigenvalue weighted by molar-refractivity contribution is -0.0525. The fraction of sp³-hybridized carbons (Fsp3) is 0.778. The Balaban J connectivity index is 1.54. The molecule has 3 saturated carbocycles. The van der Waals surface area contributed by atoms with Gasteiger partial charge in [0.2, 0.25) is 0 Å². The number of aliphatic hydroxyl groups excluding tert-OH is 2. The normalized spacial score (nSPS) is 39.3. The van der Waals surface area contributed by atoms with Gasteiger partial charge in [-0.1, -0.05) is 31.7 Å². The maximum Gasteiger partial charge on any atom is 0.0811 e. The number of rotatable bonds is 7. The SMILES string of the molecule is C=C1/C(=C\C=C\C2CC[C@@]3(C)[C@@H](CC[C@@H]3[C@H](C)OCCC(C)(C)O)C2)C[C@@H](O)C[C@@H]1O. The zero-order valence-electron chi connectivity index (χ0n) is 20.0. The molecule has 0 aromatic heterocycles. The molecule has 176 valence electrons. The second-order valence-electron chi connectivity index (χ2n) is 11.3. The minimum absolute atomic E-state index is 0.240. The molecule has 31 heavy (non-hydrogen) atoms. The molecule has 0 spiro atoms. The molecule has 1 unspecified atom stereocenters. The van der Waals surface area contributed by atoms with Crippen molar-refractivity contribution in [1.29, 1.82) is 0 Å². The molecular weight excluding hydrogens is 388 g/mol. The average Bonchev–Trinajstić information content (AvgIpc) is 3.01. The van der Waals surface area contributed by atoms with Crippen LogP contribution in [-0.4, -0.2) is 45.8 Å². The molecule has 0 aliphatic heterocycles. The predicted molar refractivity (Wildman–Crippen MR) is 126 cm³/mol. The smallest absolute Gasteiger partial charge is 0.0811 e. The maximum absolute atomic E-state index is 10.0. The second kappa shape index (κ2) is 9.91. The van der Waals surface area contributed by atoms with Crippen LogP contribution < -0.4 is 0 Å². The van der Waals surface area contributed by atoms with Gasteiger partial charge in [-0.25, -0.2) is 0 Å². The molecule has 0 amide bonds. The summed E-state index contributed by atoms with van der Waals surface area (Å²) in [6.45, 7) is 13.0. The van der Waals surface area contributed by atoms with E-state index in [9.17, 15) is 15.3 Å². The summed E-state index contributed by atoms with van der Waals surface area (Å²) in [7, 11) is 0. The van der Waals surface area contributed by atoms with Crippen molar-refractivity contribution in [2.24, 2.45) is 23.2 Å². The molecule has 3 N–H and O–H groups in total. The number of aliphatic hydroxyl groups is 3. The summed E-state index contributed by atoms with van der Waals surface area (Å²) in [5.74, 6) is 1.92. The lowest BCUT2D eigenvalue weighted by atomic mass is 9.62. The van der Waals surface area contributed by atoms with Gasteiger partial charge in [-0.15, -0.1) is 0 Å². The van der Waals surface area contributed by atoms with E-state index in [1.807, 2.05) is 19.9 Å². The molecule has 0 radical (unpaired) electrons. The van der Waals surface area contributed by atoms with Crippen LogP contribution in [0.5, 0.6) is 0 Å². The standard InChI is InChI=1S/C27H44O4/c1-18-21(16-23(28)17-25(18)29)8-6-7-20-11-12-27(5)22(15-20)9-10-24(27)19(2)31-14-13-26(3,4)30/h6-8,19-20,22-25,28-30H,1,9-17H2,2-5H3/b7-6+,21-8-/t19-,20?,22-,23+,24+,25-,27-/m0/s1. The van der Waals surface area contributed by atoms with E-state index in [4.69, 9.17) is 4.74 Å². The Morgan fingerprint density at radius 3 is 2.68 bits per heavy atom. The van der Waals surface area contributed by atoms with Crippen LogP contribution in [0.2, 0.25) is 0 Å². The highest BCUT2D eigenvalue weighted by molar-refractivity contribution is 5.37. The van der Waals surface area contributed by atoms with Gasteiger partial charge in [0.05, 0.1) is 23.9 Å². The van der Waals surface area contributed by atoms with Gasteiger partial charge in [0.25, 0.3) is 0 Å². The summed E-state index contributed by atoms with van der Waals surface area (Å²) in [5.41, 5.74) is 1.41. The molecular formula is C27H44O4. The molecule has 4 heteroatoms. The third kappa shape index (κ3) is 6.10. The third-order valence-electron chi connectivity index (χ3n) is 8.35. The predicted octanol–water partition coefficient (Wildman–Crippen LogP) is 4.94. The molecule has 0 aromatic rings. The van der Waals surface area contributed by atoms with Crippen LogP contribution in [0.4, 0.5) is 0 Å². The Morgan fingerprint density at radius 1 is 1.23 bits per heavy atom. The first-order valence-corrected chi connectivity index (χ1v) is 12.3. The van der Waals surface area contributed by atoms with Crippen LogP contribution in [0, 0.1) is 23.2 Å². The molecule has 0 heterocycles. The Bertz CT molecular complexity index is 688. The quantitative estimate of drug-likeness (QED) is 0.533. The van der Waals surface area contributed by atoms with Crippen molar-refractivity contribution in [3.8, 4) is 0 Å². The minimum atomic E-state index is -0.665. The molecule has 0 aromatic carbocycles. The molecule has 0 bridgehead atoms. The van der Waals surface area contributed by atoms with Crippen LogP contribution in [0.1, 0.15) is 79.1 Å². The van der Waals surface area contributed by atoms with Gasteiger partial charge in [0, 0.05) is 13.0 Å². The fourth-order valence-electron chi connectivity index (χ4n) is 6.24. The van der Waals surface area contributed by atoms with E-state index in [0.717, 1.165) is 17.1 Å². The molecule has 4 nitrogen and oxygen atoms in total. The monoisotopic (exact) mass is 432 g/mol. The van der Waals surface area contributed by atoms with E-state index in [-0.39, 0.29) is 6.10 Å². The average molecular weight is 433 g/mol. The first kappa shape index (κ1) is 24.7. The lowest BCUT2D eigenvalue weighted by Gasteiger charge is -2.45. The van der Waals surface area contributed by atoms with E-state index < -0.39 is 17.8 Å². The topological polar surface area (TPSA) is 69.9 Å². The van der Waals surface area contributed by atoms with Crippen molar-refractivity contribution >= 4 is 0 Å². The molecule has 3 rings (SSSR count). The van der Waals surface area contributed by atoms with Crippen LogP contribution >= 0.6 is 0 Å². The first-order chi connectivity index (χ1) is 14.5. The Kier molecular flexibility index (Phi) is 7.89. The van der Waals surface area contributed by atoms with E-state index in [1.54, 1.807) is 0 Å². The van der Waals surface area contributed by atoms with Crippen LogP contribution in [0.25, 0.3) is 0 Å². The van der Waals surface area contributed by atoms with Gasteiger partial charge in [-0.3, -0.25) is 0 Å². The number of fused-ring (bicyclic) bond motifs is 1. The van der Waals surface area contributed by atoms with Crippen LogP contribution in [-0.2, 0) is 4.74 Å². The first-order valence-electron chi connectivity index (χ1n) is 12.3. The molecule has 0 saturated heterocycles. The van der Waals surface area contributed by atoms with Gasteiger partial charge in [0.1, 0.15) is 0 Å². The zero-order valence-corrected chi connectivity index (χ0v) is 20.0. The van der Waals surface area contributed by atoms with Crippen LogP contribution in [0.3, 0.4) is 0 Å². The molecule has 7 atom stereocenters. The number of hydrogen-bond acceptors (Lipinski definition) is 4. The maximum atomic E-state index is 10.0. The van der Waals surface area contributed by atoms with E-state index >= 15 is 0 Å². The van der Waals surface area contributed by atoms with Crippen LogP contribution in [0.15, 0.2) is 36.0 Å². The third-order valence-corrected chi connectivity index (χ3v) is 8.35. The fourth-order valence-corrected chi connectivity index (χ4v) is 6.24. The highest BCUT2D eigenvalue weighted by Crippen LogP contribution is 2.58. The Labute approximate surface area is 189 Å². The molecule has 3 aliphatic carbocycles. The summed E-state index contributed by atoms with van der Waals surface area (Å²) >= 11 is 0. The highest BCUT2D eigenvalue weighted by Gasteiger charge is 2.50. The van der Waals surface area contributed by atoms with Crippen molar-refractivity contribution in [2.45, 2.75) is 103 Å². The van der Waals surface area contributed by atoms with Crippen molar-refractivity contribution in [2.75, 3.05) is 6.61 Å². The summed E-state index contributed by atoms with van der Waals surface area (Å²) in [4.78, 5) is 0. The van der Waals surface area contributed by atoms with Crippen molar-refractivity contribution in [1.82, 2.24) is 0 Å². The minimum Gasteiger partial charge on any atom is -0.393 e. The Morgan fingerprint density at radius 2 is 1.97 bits per heavy atom. The van der Waals surface area contributed by atoms with Crippen molar-refractivity contribution < 1.29 is 20.1 Å². The van der Waals surface area contributed by atoms with E-state index in [2.05, 4.69) is 32.6 Å². The van der Waals surface area contributed by atoms with Gasteiger partial charge < -0.3 is 20.1 Å². The van der Waals surface area contributed by atoms with Gasteiger partial charge in [-0.2, -0.15) is 0 Å².